The first kappa shape index (κ1) is 17.2. The molecule has 2 aromatic heterocycles. The Morgan fingerprint density at radius 2 is 1.85 bits per heavy atom. The molecule has 0 saturated carbocycles. The lowest BCUT2D eigenvalue weighted by molar-refractivity contribution is -0.115. The highest BCUT2D eigenvalue weighted by Gasteiger charge is 2.18. The van der Waals surface area contributed by atoms with Gasteiger partial charge in [0.15, 0.2) is 11.5 Å². The summed E-state index contributed by atoms with van der Waals surface area (Å²) in [5.41, 5.74) is 4.33. The van der Waals surface area contributed by atoms with Crippen molar-refractivity contribution in [3.8, 4) is 11.1 Å². The third-order valence-electron chi connectivity index (χ3n) is 4.20. The van der Waals surface area contributed by atoms with Crippen LogP contribution < -0.4 is 5.32 Å². The Balaban J connectivity index is 1.70. The molecule has 2 aromatic carbocycles. The van der Waals surface area contributed by atoms with Gasteiger partial charge in [0.1, 0.15) is 0 Å². The first-order valence-corrected chi connectivity index (χ1v) is 8.92. The second-order valence-electron chi connectivity index (χ2n) is 6.34. The number of aromatic nitrogens is 3. The molecule has 4 aromatic rings. The highest BCUT2D eigenvalue weighted by Crippen LogP contribution is 2.31. The van der Waals surface area contributed by atoms with Gasteiger partial charge in [0, 0.05) is 17.4 Å². The maximum Gasteiger partial charge on any atom is 0.230 e. The summed E-state index contributed by atoms with van der Waals surface area (Å²) in [6, 6.07) is 17.0. The molecule has 0 atom stereocenters. The van der Waals surface area contributed by atoms with Crippen molar-refractivity contribution in [1.82, 2.24) is 14.6 Å². The Morgan fingerprint density at radius 3 is 2.59 bits per heavy atom. The Hall–Kier alpha value is -3.18. The van der Waals surface area contributed by atoms with Crippen molar-refractivity contribution in [2.24, 2.45) is 0 Å². The quantitative estimate of drug-likeness (QED) is 0.568. The average Bonchev–Trinajstić information content (AvgIpc) is 3.01. The lowest BCUT2D eigenvalue weighted by Crippen LogP contribution is -2.15. The van der Waals surface area contributed by atoms with E-state index in [1.165, 1.54) is 0 Å². The summed E-state index contributed by atoms with van der Waals surface area (Å²) >= 11 is 5.90. The molecule has 0 spiro atoms. The molecule has 1 N–H and O–H groups in total. The number of hydrogen-bond donors (Lipinski definition) is 1. The molecule has 1 amide bonds. The van der Waals surface area contributed by atoms with Crippen molar-refractivity contribution in [3.63, 3.8) is 0 Å². The van der Waals surface area contributed by atoms with Crippen molar-refractivity contribution in [2.75, 3.05) is 5.32 Å². The van der Waals surface area contributed by atoms with E-state index in [1.807, 2.05) is 55.6 Å². The number of nitrogens with one attached hydrogen (secondary N) is 1. The van der Waals surface area contributed by atoms with Crippen LogP contribution in [0, 0.1) is 6.92 Å². The minimum Gasteiger partial charge on any atom is -0.308 e. The maximum absolute atomic E-state index is 12.6. The van der Waals surface area contributed by atoms with Crippen LogP contribution in [-0.4, -0.2) is 20.5 Å². The third-order valence-corrected chi connectivity index (χ3v) is 4.45. The van der Waals surface area contributed by atoms with Crippen molar-refractivity contribution in [3.05, 3.63) is 83.1 Å². The first-order valence-electron chi connectivity index (χ1n) is 8.55. The number of rotatable bonds is 4. The molecule has 5 nitrogen and oxygen atoms in total. The molecule has 0 saturated heterocycles. The van der Waals surface area contributed by atoms with E-state index in [-0.39, 0.29) is 12.3 Å². The molecule has 0 bridgehead atoms. The summed E-state index contributed by atoms with van der Waals surface area (Å²) in [6.07, 6.45) is 3.93. The number of hydrogen-bond acceptors (Lipinski definition) is 3. The molecular formula is C21H17ClN4O. The van der Waals surface area contributed by atoms with E-state index < -0.39 is 0 Å². The van der Waals surface area contributed by atoms with Crippen LogP contribution in [0.1, 0.15) is 11.1 Å². The number of amides is 1. The monoisotopic (exact) mass is 376 g/mol. The van der Waals surface area contributed by atoms with E-state index in [4.69, 9.17) is 11.6 Å². The minimum absolute atomic E-state index is 0.144. The second kappa shape index (κ2) is 7.21. The Morgan fingerprint density at radius 1 is 1.11 bits per heavy atom. The molecule has 0 aliphatic rings. The van der Waals surface area contributed by atoms with E-state index in [0.717, 1.165) is 22.3 Å². The molecule has 0 aliphatic carbocycles. The fourth-order valence-electron chi connectivity index (χ4n) is 2.95. The molecular weight excluding hydrogens is 360 g/mol. The highest BCUT2D eigenvalue weighted by molar-refractivity contribution is 6.30. The first-order chi connectivity index (χ1) is 13.1. The van der Waals surface area contributed by atoms with Crippen LogP contribution >= 0.6 is 11.6 Å². The molecule has 4 rings (SSSR count). The van der Waals surface area contributed by atoms with Crippen LogP contribution in [0.2, 0.25) is 5.02 Å². The van der Waals surface area contributed by atoms with Crippen LogP contribution in [0.4, 0.5) is 5.82 Å². The molecule has 0 unspecified atom stereocenters. The number of carbonyl (C=O) groups is 1. The number of carbonyl (C=O) groups excluding carboxylic acids is 1. The predicted octanol–water partition coefficient (Wildman–Crippen LogP) is 4.54. The van der Waals surface area contributed by atoms with Crippen molar-refractivity contribution < 1.29 is 4.79 Å². The predicted molar refractivity (Wildman–Crippen MR) is 107 cm³/mol. The van der Waals surface area contributed by atoms with Crippen molar-refractivity contribution in [2.45, 2.75) is 13.3 Å². The Kier molecular flexibility index (Phi) is 4.60. The fraction of sp³-hybridized carbons (Fsp3) is 0.0952. The molecule has 0 radical (unpaired) electrons. The average molecular weight is 377 g/mol. The highest BCUT2D eigenvalue weighted by atomic mass is 35.5. The van der Waals surface area contributed by atoms with Crippen LogP contribution in [0.5, 0.6) is 0 Å². The third kappa shape index (κ3) is 3.68. The summed E-state index contributed by atoms with van der Waals surface area (Å²) in [4.78, 5) is 17.1. The number of nitrogens with zero attached hydrogens (tertiary/aromatic N) is 3. The molecule has 0 aliphatic heterocycles. The van der Waals surface area contributed by atoms with Gasteiger partial charge in [0.2, 0.25) is 5.91 Å². The van der Waals surface area contributed by atoms with Gasteiger partial charge < -0.3 is 5.32 Å². The van der Waals surface area contributed by atoms with Gasteiger partial charge in [-0.25, -0.2) is 9.50 Å². The van der Waals surface area contributed by atoms with Gasteiger partial charge in [0.25, 0.3) is 0 Å². The summed E-state index contributed by atoms with van der Waals surface area (Å²) < 4.78 is 1.70. The number of fused-ring (bicyclic) bond motifs is 1. The van der Waals surface area contributed by atoms with E-state index in [1.54, 1.807) is 22.8 Å². The number of aryl methyl sites for hydroxylation is 1. The zero-order valence-electron chi connectivity index (χ0n) is 14.7. The van der Waals surface area contributed by atoms with E-state index in [0.29, 0.717) is 16.5 Å². The van der Waals surface area contributed by atoms with Gasteiger partial charge in [-0.1, -0.05) is 54.1 Å². The standard InChI is InChI=1S/C21H17ClN4O/c1-14-12-23-21-19(16-5-3-2-4-6-16)20(25-26(21)13-14)24-18(27)11-15-7-9-17(22)10-8-15/h2-10,12-13H,11H2,1H3,(H,24,25,27). The Bertz CT molecular complexity index is 1100. The van der Waals surface area contributed by atoms with Crippen molar-refractivity contribution in [1.29, 1.82) is 0 Å². The number of halogens is 1. The minimum atomic E-state index is -0.144. The lowest BCUT2D eigenvalue weighted by Gasteiger charge is -2.06. The van der Waals surface area contributed by atoms with Gasteiger partial charge in [-0.05, 0) is 35.7 Å². The normalized spacial score (nSPS) is 10.9. The maximum atomic E-state index is 12.6. The van der Waals surface area contributed by atoms with Crippen LogP contribution in [0.3, 0.4) is 0 Å². The van der Waals surface area contributed by atoms with Crippen molar-refractivity contribution >= 4 is 29.0 Å². The number of benzene rings is 2. The van der Waals surface area contributed by atoms with Crippen LogP contribution in [0.25, 0.3) is 16.8 Å². The van der Waals surface area contributed by atoms with Gasteiger partial charge in [-0.2, -0.15) is 0 Å². The lowest BCUT2D eigenvalue weighted by atomic mass is 10.1. The molecule has 27 heavy (non-hydrogen) atoms. The summed E-state index contributed by atoms with van der Waals surface area (Å²) in [6.45, 7) is 1.95. The summed E-state index contributed by atoms with van der Waals surface area (Å²) in [5, 5.41) is 8.13. The molecule has 0 fully saturated rings. The van der Waals surface area contributed by atoms with Gasteiger partial charge in [-0.15, -0.1) is 5.10 Å². The fourth-order valence-corrected chi connectivity index (χ4v) is 3.08. The smallest absolute Gasteiger partial charge is 0.230 e. The van der Waals surface area contributed by atoms with E-state index in [2.05, 4.69) is 15.4 Å². The largest absolute Gasteiger partial charge is 0.308 e. The van der Waals surface area contributed by atoms with Gasteiger partial charge >= 0.3 is 0 Å². The second-order valence-corrected chi connectivity index (χ2v) is 6.78. The summed E-state index contributed by atoms with van der Waals surface area (Å²) in [5.74, 6) is 0.355. The SMILES string of the molecule is Cc1cnc2c(-c3ccccc3)c(NC(=O)Cc3ccc(Cl)cc3)nn2c1. The molecule has 6 heteroatoms. The molecule has 2 heterocycles. The zero-order valence-corrected chi connectivity index (χ0v) is 15.4. The Labute approximate surface area is 161 Å². The van der Waals surface area contributed by atoms with Crippen LogP contribution in [0.15, 0.2) is 67.0 Å². The topological polar surface area (TPSA) is 59.3 Å². The van der Waals surface area contributed by atoms with Gasteiger partial charge in [0.05, 0.1) is 12.0 Å². The van der Waals surface area contributed by atoms with Crippen LogP contribution in [-0.2, 0) is 11.2 Å². The molecule has 134 valence electrons. The van der Waals surface area contributed by atoms with E-state index in [9.17, 15) is 4.79 Å². The summed E-state index contributed by atoms with van der Waals surface area (Å²) in [7, 11) is 0. The van der Waals surface area contributed by atoms with Gasteiger partial charge in [-0.3, -0.25) is 4.79 Å². The zero-order chi connectivity index (χ0) is 18.8. The number of anilines is 1. The van der Waals surface area contributed by atoms with E-state index >= 15 is 0 Å².